The number of H-pyrrole nitrogens is 1. The van der Waals surface area contributed by atoms with Gasteiger partial charge in [0.05, 0.1) is 0 Å². The lowest BCUT2D eigenvalue weighted by Gasteiger charge is -2.32. The molecule has 6 nitrogen and oxygen atoms in total. The number of nitrogens with zero attached hydrogens (tertiary/aromatic N) is 2. The van der Waals surface area contributed by atoms with Gasteiger partial charge in [-0.1, -0.05) is 37.1 Å². The lowest BCUT2D eigenvalue weighted by molar-refractivity contribution is -0.126. The van der Waals surface area contributed by atoms with E-state index in [4.69, 9.17) is 0 Å². The van der Waals surface area contributed by atoms with Crippen molar-refractivity contribution in [1.29, 1.82) is 0 Å². The smallest absolute Gasteiger partial charge is 0.273 e. The van der Waals surface area contributed by atoms with Gasteiger partial charge in [-0.25, -0.2) is 8.78 Å². The number of hydrogen-bond donors (Lipinski definition) is 2. The number of benzene rings is 2. The molecule has 1 atom stereocenters. The summed E-state index contributed by atoms with van der Waals surface area (Å²) in [7, 11) is 0. The molecule has 2 amide bonds. The second kappa shape index (κ2) is 9.72. The number of carbonyl (C=O) groups is 2. The average Bonchev–Trinajstić information content (AvgIpc) is 3.50. The summed E-state index contributed by atoms with van der Waals surface area (Å²) in [6.07, 6.45) is 5.30. The van der Waals surface area contributed by atoms with Gasteiger partial charge in [0, 0.05) is 18.8 Å². The van der Waals surface area contributed by atoms with Crippen molar-refractivity contribution in [3.63, 3.8) is 0 Å². The average molecular weight is 438 g/mol. The van der Waals surface area contributed by atoms with Crippen LogP contribution in [-0.4, -0.2) is 33.0 Å². The van der Waals surface area contributed by atoms with E-state index in [2.05, 4.69) is 15.5 Å². The summed E-state index contributed by atoms with van der Waals surface area (Å²) in [5.41, 5.74) is 1.35. The van der Waals surface area contributed by atoms with Crippen molar-refractivity contribution in [3.8, 4) is 0 Å². The van der Waals surface area contributed by atoms with Crippen molar-refractivity contribution < 1.29 is 18.4 Å². The van der Waals surface area contributed by atoms with E-state index in [0.29, 0.717) is 11.1 Å². The van der Waals surface area contributed by atoms with Gasteiger partial charge in [0.25, 0.3) is 5.91 Å². The number of rotatable bonds is 7. The molecule has 1 aliphatic carbocycles. The van der Waals surface area contributed by atoms with Gasteiger partial charge in [-0.05, 0) is 54.3 Å². The van der Waals surface area contributed by atoms with Gasteiger partial charge in [-0.15, -0.1) is 0 Å². The van der Waals surface area contributed by atoms with Gasteiger partial charge in [0.2, 0.25) is 5.91 Å². The Morgan fingerprint density at radius 3 is 2.22 bits per heavy atom. The molecule has 0 saturated heterocycles. The Hall–Kier alpha value is -3.55. The molecular formula is C24H24F2N4O2. The standard InChI is InChI=1S/C24H24F2N4O2/c25-18-9-5-16(6-10-18)15-30(24(32)21-13-14-27-29-21)22(17-7-11-19(26)12-8-17)23(31)28-20-3-1-2-4-20/h5-14,20,22H,1-4,15H2,(H,27,29)(H,28,31)/t22-/m1/s1. The molecule has 1 heterocycles. The predicted molar refractivity (Wildman–Crippen MR) is 114 cm³/mol. The van der Waals surface area contributed by atoms with Gasteiger partial charge in [0.1, 0.15) is 23.4 Å². The molecule has 0 aliphatic heterocycles. The van der Waals surface area contributed by atoms with Crippen molar-refractivity contribution in [1.82, 2.24) is 20.4 Å². The number of hydrogen-bond acceptors (Lipinski definition) is 3. The second-order valence-electron chi connectivity index (χ2n) is 7.97. The van der Waals surface area contributed by atoms with Crippen LogP contribution in [0.1, 0.15) is 53.3 Å². The lowest BCUT2D eigenvalue weighted by Crippen LogP contribution is -2.46. The van der Waals surface area contributed by atoms with Crippen molar-refractivity contribution in [2.75, 3.05) is 0 Å². The van der Waals surface area contributed by atoms with Gasteiger partial charge in [-0.2, -0.15) is 5.10 Å². The zero-order chi connectivity index (χ0) is 22.5. The molecule has 0 spiro atoms. The van der Waals surface area contributed by atoms with Crippen molar-refractivity contribution in [2.24, 2.45) is 0 Å². The van der Waals surface area contributed by atoms with Crippen LogP contribution >= 0.6 is 0 Å². The number of carbonyl (C=O) groups excluding carboxylic acids is 2. The van der Waals surface area contributed by atoms with Crippen molar-refractivity contribution >= 4 is 11.8 Å². The van der Waals surface area contributed by atoms with E-state index in [9.17, 15) is 18.4 Å². The van der Waals surface area contributed by atoms with E-state index in [1.165, 1.54) is 53.6 Å². The lowest BCUT2D eigenvalue weighted by atomic mass is 10.0. The van der Waals surface area contributed by atoms with Crippen LogP contribution in [0.15, 0.2) is 60.8 Å². The summed E-state index contributed by atoms with van der Waals surface area (Å²) < 4.78 is 27.0. The quantitative estimate of drug-likeness (QED) is 0.582. The molecule has 0 unspecified atom stereocenters. The molecule has 3 aromatic rings. The molecule has 0 bridgehead atoms. The zero-order valence-electron chi connectivity index (χ0n) is 17.4. The van der Waals surface area contributed by atoms with Crippen molar-refractivity contribution in [3.05, 3.63) is 89.2 Å². The first-order chi connectivity index (χ1) is 15.5. The Labute approximate surface area is 184 Å². The normalized spacial score (nSPS) is 14.8. The summed E-state index contributed by atoms with van der Waals surface area (Å²) in [4.78, 5) is 28.3. The molecule has 2 N–H and O–H groups in total. The van der Waals surface area contributed by atoms with E-state index in [1.807, 2.05) is 0 Å². The minimum absolute atomic E-state index is 0.0420. The minimum atomic E-state index is -1.00. The molecule has 1 aliphatic rings. The van der Waals surface area contributed by atoms with Crippen LogP contribution in [-0.2, 0) is 11.3 Å². The fourth-order valence-corrected chi connectivity index (χ4v) is 4.06. The van der Waals surface area contributed by atoms with Crippen LogP contribution < -0.4 is 5.32 Å². The summed E-state index contributed by atoms with van der Waals surface area (Å²) in [5, 5.41) is 9.55. The Bertz CT molecular complexity index is 1050. The largest absolute Gasteiger partial charge is 0.351 e. The van der Waals surface area contributed by atoms with Gasteiger partial charge in [0.15, 0.2) is 0 Å². The Balaban J connectivity index is 1.73. The van der Waals surface area contributed by atoms with Gasteiger partial charge in [-0.3, -0.25) is 14.7 Å². The van der Waals surface area contributed by atoms with Gasteiger partial charge < -0.3 is 10.2 Å². The van der Waals surface area contributed by atoms with Crippen LogP contribution in [0.2, 0.25) is 0 Å². The Morgan fingerprint density at radius 2 is 1.62 bits per heavy atom. The second-order valence-corrected chi connectivity index (χ2v) is 7.97. The first-order valence-electron chi connectivity index (χ1n) is 10.6. The van der Waals surface area contributed by atoms with E-state index >= 15 is 0 Å². The topological polar surface area (TPSA) is 78.1 Å². The van der Waals surface area contributed by atoms with E-state index in [-0.39, 0.29) is 24.2 Å². The third-order valence-corrected chi connectivity index (χ3v) is 5.71. The highest BCUT2D eigenvalue weighted by molar-refractivity contribution is 5.96. The highest BCUT2D eigenvalue weighted by Gasteiger charge is 2.34. The first-order valence-corrected chi connectivity index (χ1v) is 10.6. The third kappa shape index (κ3) is 5.01. The molecule has 166 valence electrons. The maximum Gasteiger partial charge on any atom is 0.273 e. The van der Waals surface area contributed by atoms with E-state index < -0.39 is 23.6 Å². The fraction of sp³-hybridized carbons (Fsp3) is 0.292. The Morgan fingerprint density at radius 1 is 1.00 bits per heavy atom. The number of amides is 2. The zero-order valence-corrected chi connectivity index (χ0v) is 17.4. The third-order valence-electron chi connectivity index (χ3n) is 5.71. The summed E-state index contributed by atoms with van der Waals surface area (Å²) >= 11 is 0. The molecule has 1 aromatic heterocycles. The molecule has 32 heavy (non-hydrogen) atoms. The Kier molecular flexibility index (Phi) is 6.58. The maximum absolute atomic E-state index is 13.6. The van der Waals surface area contributed by atoms with E-state index in [0.717, 1.165) is 25.7 Å². The number of aromatic nitrogens is 2. The number of nitrogens with one attached hydrogen (secondary N) is 2. The first kappa shape index (κ1) is 21.7. The molecule has 8 heteroatoms. The fourth-order valence-electron chi connectivity index (χ4n) is 4.06. The number of aromatic amines is 1. The molecule has 0 radical (unpaired) electrons. The molecule has 2 aromatic carbocycles. The summed E-state index contributed by atoms with van der Waals surface area (Å²) in [5.74, 6) is -1.61. The van der Waals surface area contributed by atoms with Gasteiger partial charge >= 0.3 is 0 Å². The van der Waals surface area contributed by atoms with E-state index in [1.54, 1.807) is 12.1 Å². The van der Waals surface area contributed by atoms with Crippen LogP contribution in [0.3, 0.4) is 0 Å². The van der Waals surface area contributed by atoms with Crippen LogP contribution in [0.4, 0.5) is 8.78 Å². The highest BCUT2D eigenvalue weighted by atomic mass is 19.1. The molecule has 4 rings (SSSR count). The van der Waals surface area contributed by atoms with Crippen LogP contribution in [0.25, 0.3) is 0 Å². The molecule has 1 fully saturated rings. The monoisotopic (exact) mass is 438 g/mol. The SMILES string of the molecule is O=C(NC1CCCC1)[C@@H](c1ccc(F)cc1)N(Cc1ccc(F)cc1)C(=O)c1ccn[nH]1. The summed E-state index contributed by atoms with van der Waals surface area (Å²) in [6.45, 7) is 0.0538. The summed E-state index contributed by atoms with van der Waals surface area (Å²) in [6, 6.07) is 11.9. The van der Waals surface area contributed by atoms with Crippen LogP contribution in [0.5, 0.6) is 0 Å². The van der Waals surface area contributed by atoms with Crippen molar-refractivity contribution in [2.45, 2.75) is 44.3 Å². The minimum Gasteiger partial charge on any atom is -0.351 e. The van der Waals surface area contributed by atoms with Crippen LogP contribution in [0, 0.1) is 11.6 Å². The molecule has 1 saturated carbocycles. The highest BCUT2D eigenvalue weighted by Crippen LogP contribution is 2.27. The number of halogens is 2. The molecular weight excluding hydrogens is 414 g/mol. The predicted octanol–water partition coefficient (Wildman–Crippen LogP) is 4.13. The maximum atomic E-state index is 13.6.